The van der Waals surface area contributed by atoms with E-state index >= 15 is 0 Å². The minimum absolute atomic E-state index is 0.271. The van der Waals surface area contributed by atoms with Crippen LogP contribution in [0.2, 0.25) is 0 Å². The molecule has 0 aliphatic carbocycles. The number of carbonyl (C=O) groups excluding carboxylic acids is 1. The molecule has 114 valence electrons. The second kappa shape index (κ2) is 5.90. The minimum Gasteiger partial charge on any atom is -0.299 e. The quantitative estimate of drug-likeness (QED) is 0.798. The molecular weight excluding hydrogens is 260 g/mol. The molecule has 2 aliphatic rings. The number of rotatable bonds is 3. The zero-order valence-electron chi connectivity index (χ0n) is 13.4. The van der Waals surface area contributed by atoms with Gasteiger partial charge in [0.15, 0.2) is 5.78 Å². The van der Waals surface area contributed by atoms with E-state index < -0.39 is 0 Å². The van der Waals surface area contributed by atoms with Gasteiger partial charge in [0.25, 0.3) is 0 Å². The Morgan fingerprint density at radius 1 is 1.19 bits per heavy atom. The molecule has 2 fully saturated rings. The van der Waals surface area contributed by atoms with Gasteiger partial charge in [0.1, 0.15) is 0 Å². The topological polar surface area (TPSA) is 23.6 Å². The van der Waals surface area contributed by atoms with E-state index in [2.05, 4.69) is 29.8 Å². The summed E-state index contributed by atoms with van der Waals surface area (Å²) >= 11 is 0. The van der Waals surface area contributed by atoms with Crippen LogP contribution in [0.5, 0.6) is 0 Å². The maximum Gasteiger partial charge on any atom is 0.177 e. The second-order valence-electron chi connectivity index (χ2n) is 6.82. The van der Waals surface area contributed by atoms with Crippen LogP contribution < -0.4 is 0 Å². The molecule has 2 atom stereocenters. The number of likely N-dealkylation sites (N-methyl/N-ethyl adjacent to an activating group) is 1. The highest BCUT2D eigenvalue weighted by Gasteiger charge is 2.34. The second-order valence-corrected chi connectivity index (χ2v) is 6.82. The van der Waals surface area contributed by atoms with E-state index in [0.29, 0.717) is 12.6 Å². The highest BCUT2D eigenvalue weighted by Crippen LogP contribution is 2.28. The van der Waals surface area contributed by atoms with Crippen LogP contribution in [0.25, 0.3) is 0 Å². The standard InChI is InChI=1S/C18H26N2O/c1-13-4-7-17(14(2)10-13)18(21)12-20-9-8-15-5-6-16(11-20)19(15)3/h4,7,10,15-16H,5-6,8-9,11-12H2,1-3H3. The predicted octanol–water partition coefficient (Wildman–Crippen LogP) is 2.65. The van der Waals surface area contributed by atoms with Gasteiger partial charge in [-0.15, -0.1) is 0 Å². The largest absolute Gasteiger partial charge is 0.299 e. The molecule has 0 spiro atoms. The Labute approximate surface area is 127 Å². The number of benzene rings is 1. The number of carbonyl (C=O) groups is 1. The van der Waals surface area contributed by atoms with Crippen molar-refractivity contribution in [2.75, 3.05) is 26.7 Å². The molecule has 2 aliphatic heterocycles. The molecule has 0 N–H and O–H groups in total. The van der Waals surface area contributed by atoms with E-state index in [1.807, 2.05) is 19.1 Å². The van der Waals surface area contributed by atoms with Crippen LogP contribution in [-0.4, -0.2) is 54.3 Å². The zero-order chi connectivity index (χ0) is 15.0. The number of likely N-dealkylation sites (tertiary alicyclic amines) is 1. The van der Waals surface area contributed by atoms with Gasteiger partial charge in [0, 0.05) is 30.7 Å². The predicted molar refractivity (Wildman–Crippen MR) is 85.9 cm³/mol. The first-order chi connectivity index (χ1) is 10.0. The van der Waals surface area contributed by atoms with Gasteiger partial charge in [-0.05, 0) is 45.7 Å². The van der Waals surface area contributed by atoms with Crippen molar-refractivity contribution in [3.63, 3.8) is 0 Å². The van der Waals surface area contributed by atoms with Crippen molar-refractivity contribution < 1.29 is 4.79 Å². The molecule has 3 nitrogen and oxygen atoms in total. The molecule has 2 bridgehead atoms. The van der Waals surface area contributed by atoms with E-state index in [9.17, 15) is 4.79 Å². The molecule has 3 heteroatoms. The lowest BCUT2D eigenvalue weighted by molar-refractivity contribution is 0.0923. The Hall–Kier alpha value is -1.19. The number of hydrogen-bond donors (Lipinski definition) is 0. The van der Waals surface area contributed by atoms with Gasteiger partial charge >= 0.3 is 0 Å². The fourth-order valence-electron chi connectivity index (χ4n) is 3.94. The van der Waals surface area contributed by atoms with Crippen molar-refractivity contribution in [3.05, 3.63) is 34.9 Å². The number of fused-ring (bicyclic) bond motifs is 2. The molecule has 2 unspecified atom stereocenters. The Morgan fingerprint density at radius 3 is 2.71 bits per heavy atom. The third kappa shape index (κ3) is 3.04. The average Bonchev–Trinajstić information content (AvgIpc) is 2.67. The number of aryl methyl sites for hydroxylation is 2. The highest BCUT2D eigenvalue weighted by atomic mass is 16.1. The lowest BCUT2D eigenvalue weighted by Gasteiger charge is -2.25. The summed E-state index contributed by atoms with van der Waals surface area (Å²) in [4.78, 5) is 17.5. The first kappa shape index (κ1) is 14.7. The molecule has 1 aromatic carbocycles. The number of Topliss-reactive ketones (excluding diaryl/α,β-unsaturated/α-hetero) is 1. The van der Waals surface area contributed by atoms with Crippen molar-refractivity contribution in [1.82, 2.24) is 9.80 Å². The molecule has 2 saturated heterocycles. The molecule has 2 heterocycles. The molecule has 0 saturated carbocycles. The van der Waals surface area contributed by atoms with Crippen molar-refractivity contribution in [2.24, 2.45) is 0 Å². The van der Waals surface area contributed by atoms with Crippen LogP contribution in [0, 0.1) is 13.8 Å². The summed E-state index contributed by atoms with van der Waals surface area (Å²) in [5, 5.41) is 0. The van der Waals surface area contributed by atoms with E-state index in [1.165, 1.54) is 24.8 Å². The summed E-state index contributed by atoms with van der Waals surface area (Å²) < 4.78 is 0. The summed E-state index contributed by atoms with van der Waals surface area (Å²) in [6.45, 7) is 6.79. The van der Waals surface area contributed by atoms with Crippen LogP contribution in [-0.2, 0) is 0 Å². The lowest BCUT2D eigenvalue weighted by atomic mass is 10.0. The van der Waals surface area contributed by atoms with E-state index in [1.54, 1.807) is 0 Å². The van der Waals surface area contributed by atoms with Crippen molar-refractivity contribution in [2.45, 2.75) is 45.2 Å². The Kier molecular flexibility index (Phi) is 4.14. The SMILES string of the molecule is Cc1ccc(C(=O)CN2CCC3CCC(C2)N3C)c(C)c1. The Balaban J connectivity index is 1.67. The number of nitrogens with zero attached hydrogens (tertiary/aromatic N) is 2. The monoisotopic (exact) mass is 286 g/mol. The van der Waals surface area contributed by atoms with E-state index in [4.69, 9.17) is 0 Å². The van der Waals surface area contributed by atoms with Gasteiger partial charge in [-0.3, -0.25) is 14.6 Å². The van der Waals surface area contributed by atoms with E-state index in [0.717, 1.165) is 30.3 Å². The Morgan fingerprint density at radius 2 is 1.95 bits per heavy atom. The molecule has 0 amide bonds. The number of ketones is 1. The first-order valence-corrected chi connectivity index (χ1v) is 8.09. The summed E-state index contributed by atoms with van der Waals surface area (Å²) in [5.41, 5.74) is 3.22. The molecular formula is C18H26N2O. The average molecular weight is 286 g/mol. The molecule has 1 aromatic rings. The zero-order valence-corrected chi connectivity index (χ0v) is 13.4. The summed E-state index contributed by atoms with van der Waals surface area (Å²) in [7, 11) is 2.25. The highest BCUT2D eigenvalue weighted by molar-refractivity contribution is 5.99. The Bertz CT molecular complexity index is 540. The van der Waals surface area contributed by atoms with E-state index in [-0.39, 0.29) is 5.78 Å². The maximum atomic E-state index is 12.6. The normalized spacial score (nSPS) is 26.8. The van der Waals surface area contributed by atoms with Crippen LogP contribution in [0.15, 0.2) is 18.2 Å². The van der Waals surface area contributed by atoms with Gasteiger partial charge in [-0.25, -0.2) is 0 Å². The van der Waals surface area contributed by atoms with Gasteiger partial charge in [-0.1, -0.05) is 23.8 Å². The molecule has 21 heavy (non-hydrogen) atoms. The van der Waals surface area contributed by atoms with Crippen molar-refractivity contribution in [3.8, 4) is 0 Å². The van der Waals surface area contributed by atoms with Crippen LogP contribution in [0.3, 0.4) is 0 Å². The van der Waals surface area contributed by atoms with Crippen molar-refractivity contribution in [1.29, 1.82) is 0 Å². The first-order valence-electron chi connectivity index (χ1n) is 8.09. The van der Waals surface area contributed by atoms with Gasteiger partial charge in [-0.2, -0.15) is 0 Å². The summed E-state index contributed by atoms with van der Waals surface area (Å²) in [6.07, 6.45) is 3.82. The minimum atomic E-state index is 0.271. The summed E-state index contributed by atoms with van der Waals surface area (Å²) in [6, 6.07) is 7.51. The molecule has 3 rings (SSSR count). The van der Waals surface area contributed by atoms with Gasteiger partial charge < -0.3 is 0 Å². The molecule has 0 aromatic heterocycles. The molecule has 0 radical (unpaired) electrons. The third-order valence-corrected chi connectivity index (χ3v) is 5.28. The number of hydrogen-bond acceptors (Lipinski definition) is 3. The lowest BCUT2D eigenvalue weighted by Crippen LogP contribution is -2.39. The van der Waals surface area contributed by atoms with Crippen LogP contribution in [0.4, 0.5) is 0 Å². The maximum absolute atomic E-state index is 12.6. The smallest absolute Gasteiger partial charge is 0.177 e. The van der Waals surface area contributed by atoms with Gasteiger partial charge in [0.2, 0.25) is 0 Å². The van der Waals surface area contributed by atoms with Crippen molar-refractivity contribution >= 4 is 5.78 Å². The fraction of sp³-hybridized carbons (Fsp3) is 0.611. The van der Waals surface area contributed by atoms with Gasteiger partial charge in [0.05, 0.1) is 6.54 Å². The third-order valence-electron chi connectivity index (χ3n) is 5.28. The van der Waals surface area contributed by atoms with Crippen LogP contribution in [0.1, 0.15) is 40.7 Å². The van der Waals surface area contributed by atoms with Crippen LogP contribution >= 0.6 is 0 Å². The fourth-order valence-corrected chi connectivity index (χ4v) is 3.94. The summed E-state index contributed by atoms with van der Waals surface area (Å²) in [5.74, 6) is 0.271.